The van der Waals surface area contributed by atoms with Gasteiger partial charge < -0.3 is 10.1 Å². The smallest absolute Gasteiger partial charge is 0.118 e. The molecule has 0 fully saturated rings. The van der Waals surface area contributed by atoms with E-state index in [1.54, 1.807) is 6.20 Å². The summed E-state index contributed by atoms with van der Waals surface area (Å²) in [6.07, 6.45) is 1.90. The monoisotopic (exact) mass is 321 g/mol. The van der Waals surface area contributed by atoms with E-state index in [9.17, 15) is 0 Å². The van der Waals surface area contributed by atoms with Gasteiger partial charge >= 0.3 is 0 Å². The average molecular weight is 321 g/mol. The van der Waals surface area contributed by atoms with Crippen LogP contribution >= 0.6 is 0 Å². The quantitative estimate of drug-likeness (QED) is 0.779. The molecule has 0 unspecified atom stereocenters. The van der Waals surface area contributed by atoms with E-state index >= 15 is 0 Å². The molecule has 6 heteroatoms. The zero-order valence-electron chi connectivity index (χ0n) is 13.3. The lowest BCUT2D eigenvalue weighted by Crippen LogP contribution is -2.36. The van der Waals surface area contributed by atoms with Gasteiger partial charge in [-0.3, -0.25) is 4.98 Å². The van der Waals surface area contributed by atoms with Crippen LogP contribution in [0.5, 0.6) is 0 Å². The van der Waals surface area contributed by atoms with Crippen LogP contribution in [-0.2, 0) is 24.4 Å². The number of ether oxygens (including phenoxy) is 1. The van der Waals surface area contributed by atoms with Crippen LogP contribution < -0.4 is 5.32 Å². The van der Waals surface area contributed by atoms with E-state index in [2.05, 4.69) is 20.6 Å². The summed E-state index contributed by atoms with van der Waals surface area (Å²) in [4.78, 5) is 4.30. The predicted molar refractivity (Wildman–Crippen MR) is 90.0 cm³/mol. The number of nitrogens with one attached hydrogen (secondary N) is 1. The molecule has 0 radical (unpaired) electrons. The number of hydrogen-bond acceptors (Lipinski definition) is 5. The van der Waals surface area contributed by atoms with Gasteiger partial charge in [-0.05, 0) is 12.1 Å². The molecule has 1 N–H and O–H groups in total. The second-order valence-electron chi connectivity index (χ2n) is 5.82. The molecule has 0 saturated heterocycles. The molecule has 1 aliphatic rings. The molecule has 122 valence electrons. The number of hydrogen-bond donors (Lipinski definition) is 1. The maximum Gasteiger partial charge on any atom is 0.118 e. The molecule has 1 atom stereocenters. The highest BCUT2D eigenvalue weighted by Crippen LogP contribution is 2.24. The summed E-state index contributed by atoms with van der Waals surface area (Å²) in [6.45, 7) is 2.74. The normalized spacial score (nSPS) is 16.8. The van der Waals surface area contributed by atoms with E-state index in [4.69, 9.17) is 4.74 Å². The number of fused-ring (bicyclic) bond motifs is 1. The Hall–Kier alpha value is -2.57. The Labute approximate surface area is 140 Å². The molecule has 0 saturated carbocycles. The number of aromatic nitrogens is 4. The van der Waals surface area contributed by atoms with Crippen LogP contribution in [0, 0.1) is 0 Å². The average Bonchev–Trinajstić information content (AvgIpc) is 3.07. The van der Waals surface area contributed by atoms with Crippen molar-refractivity contribution in [1.82, 2.24) is 25.3 Å². The van der Waals surface area contributed by atoms with Crippen molar-refractivity contribution in [3.8, 4) is 11.3 Å². The Kier molecular flexibility index (Phi) is 4.31. The van der Waals surface area contributed by atoms with E-state index in [-0.39, 0.29) is 6.10 Å². The topological polar surface area (TPSA) is 64.9 Å². The predicted octanol–water partition coefficient (Wildman–Crippen LogP) is 2.03. The van der Waals surface area contributed by atoms with Crippen molar-refractivity contribution in [1.29, 1.82) is 0 Å². The van der Waals surface area contributed by atoms with Gasteiger partial charge in [0, 0.05) is 24.8 Å². The first-order valence-electron chi connectivity index (χ1n) is 8.10. The molecule has 2 aromatic heterocycles. The minimum Gasteiger partial charge on any atom is -0.369 e. The highest BCUT2D eigenvalue weighted by atomic mass is 16.5. The fraction of sp³-hybridized carbons (Fsp3) is 0.278. The molecule has 1 aliphatic heterocycles. The van der Waals surface area contributed by atoms with Crippen molar-refractivity contribution in [2.45, 2.75) is 25.8 Å². The maximum absolute atomic E-state index is 5.98. The van der Waals surface area contributed by atoms with Crippen molar-refractivity contribution in [3.63, 3.8) is 0 Å². The van der Waals surface area contributed by atoms with Crippen LogP contribution in [0.25, 0.3) is 11.3 Å². The lowest BCUT2D eigenvalue weighted by atomic mass is 10.1. The van der Waals surface area contributed by atoms with E-state index in [1.165, 1.54) is 0 Å². The highest BCUT2D eigenvalue weighted by Gasteiger charge is 2.24. The zero-order valence-corrected chi connectivity index (χ0v) is 13.3. The van der Waals surface area contributed by atoms with E-state index in [0.29, 0.717) is 13.2 Å². The largest absolute Gasteiger partial charge is 0.369 e. The van der Waals surface area contributed by atoms with Crippen LogP contribution in [0.3, 0.4) is 0 Å². The maximum atomic E-state index is 5.98. The molecule has 3 aromatic rings. The van der Waals surface area contributed by atoms with Crippen LogP contribution in [0.15, 0.2) is 54.7 Å². The summed E-state index contributed by atoms with van der Waals surface area (Å²) in [5.74, 6) is 0. The van der Waals surface area contributed by atoms with E-state index < -0.39 is 0 Å². The number of pyridine rings is 1. The van der Waals surface area contributed by atoms with Crippen molar-refractivity contribution >= 4 is 0 Å². The molecular formula is C18H19N5O. The van der Waals surface area contributed by atoms with Gasteiger partial charge in [0.2, 0.25) is 0 Å². The molecule has 6 nitrogen and oxygen atoms in total. The third kappa shape index (κ3) is 3.20. The second-order valence-corrected chi connectivity index (χ2v) is 5.82. The van der Waals surface area contributed by atoms with Crippen LogP contribution in [-0.4, -0.2) is 32.6 Å². The third-order valence-corrected chi connectivity index (χ3v) is 4.12. The number of rotatable bonds is 5. The summed E-state index contributed by atoms with van der Waals surface area (Å²) in [5.41, 5.74) is 4.06. The molecule has 0 spiro atoms. The van der Waals surface area contributed by atoms with Crippen LogP contribution in [0.4, 0.5) is 0 Å². The van der Waals surface area contributed by atoms with Crippen LogP contribution in [0.1, 0.15) is 11.4 Å². The molecule has 0 bridgehead atoms. The third-order valence-electron chi connectivity index (χ3n) is 4.12. The minimum absolute atomic E-state index is 0.0894. The first kappa shape index (κ1) is 15.0. The van der Waals surface area contributed by atoms with E-state index in [1.807, 2.05) is 53.2 Å². The first-order chi connectivity index (χ1) is 11.9. The fourth-order valence-electron chi connectivity index (χ4n) is 2.87. The SMILES string of the molecule is c1ccc(-c2nnn3c2CO[C@@H](CNCc2ccccn2)C3)cc1. The molecule has 3 heterocycles. The minimum atomic E-state index is 0.0894. The van der Waals surface area contributed by atoms with Gasteiger partial charge in [-0.15, -0.1) is 5.10 Å². The van der Waals surface area contributed by atoms with Gasteiger partial charge in [0.05, 0.1) is 30.6 Å². The molecule has 4 rings (SSSR count). The van der Waals surface area contributed by atoms with Gasteiger partial charge in [0.1, 0.15) is 5.69 Å². The Morgan fingerprint density at radius 2 is 2.00 bits per heavy atom. The Balaban J connectivity index is 1.37. The first-order valence-corrected chi connectivity index (χ1v) is 8.10. The summed E-state index contributed by atoms with van der Waals surface area (Å²) >= 11 is 0. The summed E-state index contributed by atoms with van der Waals surface area (Å²) < 4.78 is 7.94. The highest BCUT2D eigenvalue weighted by molar-refractivity contribution is 5.61. The van der Waals surface area contributed by atoms with Gasteiger partial charge in [0.15, 0.2) is 0 Å². The summed E-state index contributed by atoms with van der Waals surface area (Å²) in [5, 5.41) is 12.0. The Morgan fingerprint density at radius 3 is 2.83 bits per heavy atom. The lowest BCUT2D eigenvalue weighted by Gasteiger charge is -2.24. The van der Waals surface area contributed by atoms with Crippen molar-refractivity contribution in [3.05, 3.63) is 66.1 Å². The van der Waals surface area contributed by atoms with Gasteiger partial charge in [-0.2, -0.15) is 0 Å². The Bertz CT molecular complexity index is 788. The van der Waals surface area contributed by atoms with Crippen LogP contribution in [0.2, 0.25) is 0 Å². The molecule has 0 amide bonds. The van der Waals surface area contributed by atoms with Crippen molar-refractivity contribution in [2.24, 2.45) is 0 Å². The van der Waals surface area contributed by atoms with Crippen molar-refractivity contribution in [2.75, 3.05) is 6.54 Å². The fourth-order valence-corrected chi connectivity index (χ4v) is 2.87. The summed E-state index contributed by atoms with van der Waals surface area (Å²) in [6, 6.07) is 16.0. The molecule has 1 aromatic carbocycles. The van der Waals surface area contributed by atoms with E-state index in [0.717, 1.165) is 35.7 Å². The van der Waals surface area contributed by atoms with Crippen molar-refractivity contribution < 1.29 is 4.74 Å². The lowest BCUT2D eigenvalue weighted by molar-refractivity contribution is 0.00121. The van der Waals surface area contributed by atoms with Gasteiger partial charge in [-0.25, -0.2) is 4.68 Å². The molecular weight excluding hydrogens is 302 g/mol. The van der Waals surface area contributed by atoms with Gasteiger partial charge in [-0.1, -0.05) is 41.6 Å². The molecule has 24 heavy (non-hydrogen) atoms. The number of nitrogens with zero attached hydrogens (tertiary/aromatic N) is 4. The molecule has 0 aliphatic carbocycles. The summed E-state index contributed by atoms with van der Waals surface area (Å²) in [7, 11) is 0. The standard InChI is InChI=1S/C18H19N5O/c1-2-6-14(7-3-1)18-17-13-24-16(12-23(17)22-21-18)11-19-10-15-8-4-5-9-20-15/h1-9,16,19H,10-13H2/t16-/m0/s1. The second kappa shape index (κ2) is 6.90. The Morgan fingerprint density at radius 1 is 1.12 bits per heavy atom. The zero-order chi connectivity index (χ0) is 16.2. The number of benzene rings is 1. The van der Waals surface area contributed by atoms with Gasteiger partial charge in [0.25, 0.3) is 0 Å².